The SMILES string of the molecule is CCCCOC(=O)c1cc(CNCC(=O)O)cs1. The number of hydrogen-bond donors (Lipinski definition) is 2. The molecule has 5 nitrogen and oxygen atoms in total. The summed E-state index contributed by atoms with van der Waals surface area (Å²) in [4.78, 5) is 22.5. The Morgan fingerprint density at radius 3 is 2.94 bits per heavy atom. The number of carboxylic acids is 1. The molecule has 0 aliphatic heterocycles. The van der Waals surface area contributed by atoms with Crippen LogP contribution >= 0.6 is 11.3 Å². The predicted molar refractivity (Wildman–Crippen MR) is 68.9 cm³/mol. The minimum atomic E-state index is -0.899. The highest BCUT2D eigenvalue weighted by Gasteiger charge is 2.10. The molecule has 100 valence electrons. The number of aliphatic carboxylic acids is 1. The maximum Gasteiger partial charge on any atom is 0.348 e. The summed E-state index contributed by atoms with van der Waals surface area (Å²) >= 11 is 1.31. The number of esters is 1. The Balaban J connectivity index is 2.37. The summed E-state index contributed by atoms with van der Waals surface area (Å²) in [6.07, 6.45) is 1.85. The van der Waals surface area contributed by atoms with Crippen LogP contribution in [0.3, 0.4) is 0 Å². The highest BCUT2D eigenvalue weighted by Crippen LogP contribution is 2.15. The van der Waals surface area contributed by atoms with E-state index in [1.807, 2.05) is 12.3 Å². The van der Waals surface area contributed by atoms with Crippen molar-refractivity contribution in [1.82, 2.24) is 5.32 Å². The van der Waals surface area contributed by atoms with Gasteiger partial charge in [0.2, 0.25) is 0 Å². The van der Waals surface area contributed by atoms with Gasteiger partial charge in [-0.3, -0.25) is 4.79 Å². The summed E-state index contributed by atoms with van der Waals surface area (Å²) in [5.74, 6) is -1.21. The monoisotopic (exact) mass is 271 g/mol. The van der Waals surface area contributed by atoms with Gasteiger partial charge in [-0.2, -0.15) is 0 Å². The molecule has 0 aliphatic rings. The van der Waals surface area contributed by atoms with E-state index in [1.165, 1.54) is 11.3 Å². The molecule has 1 rings (SSSR count). The molecule has 1 aromatic rings. The van der Waals surface area contributed by atoms with Crippen LogP contribution in [0.15, 0.2) is 11.4 Å². The number of unbranched alkanes of at least 4 members (excludes halogenated alkanes) is 1. The average Bonchev–Trinajstić information content (AvgIpc) is 2.77. The van der Waals surface area contributed by atoms with Gasteiger partial charge in [-0.15, -0.1) is 11.3 Å². The van der Waals surface area contributed by atoms with Gasteiger partial charge in [-0.05, 0) is 23.4 Å². The van der Waals surface area contributed by atoms with Crippen LogP contribution in [0.25, 0.3) is 0 Å². The van der Waals surface area contributed by atoms with Gasteiger partial charge < -0.3 is 15.2 Å². The molecule has 1 aromatic heterocycles. The van der Waals surface area contributed by atoms with Gasteiger partial charge in [0.1, 0.15) is 4.88 Å². The first-order valence-corrected chi connectivity index (χ1v) is 6.68. The molecule has 0 aliphatic carbocycles. The summed E-state index contributed by atoms with van der Waals surface area (Å²) in [5.41, 5.74) is 0.892. The van der Waals surface area contributed by atoms with Crippen LogP contribution in [0.5, 0.6) is 0 Å². The molecule has 0 saturated heterocycles. The molecule has 0 unspecified atom stereocenters. The first-order valence-electron chi connectivity index (χ1n) is 5.80. The normalized spacial score (nSPS) is 10.3. The molecule has 0 saturated carbocycles. The third-order valence-corrected chi connectivity index (χ3v) is 3.15. The molecule has 0 atom stereocenters. The van der Waals surface area contributed by atoms with E-state index in [4.69, 9.17) is 9.84 Å². The second-order valence-corrected chi connectivity index (χ2v) is 4.72. The highest BCUT2D eigenvalue weighted by molar-refractivity contribution is 7.12. The third kappa shape index (κ3) is 5.29. The van der Waals surface area contributed by atoms with Crippen LogP contribution in [0.2, 0.25) is 0 Å². The Kier molecular flexibility index (Phi) is 6.38. The van der Waals surface area contributed by atoms with Crippen molar-refractivity contribution >= 4 is 23.3 Å². The minimum absolute atomic E-state index is 0.0911. The predicted octanol–water partition coefficient (Wildman–Crippen LogP) is 1.88. The summed E-state index contributed by atoms with van der Waals surface area (Å²) in [7, 11) is 0. The number of rotatable bonds is 8. The van der Waals surface area contributed by atoms with Gasteiger partial charge in [0, 0.05) is 6.54 Å². The number of thiophene rings is 1. The van der Waals surface area contributed by atoms with E-state index in [0.717, 1.165) is 18.4 Å². The number of ether oxygens (including phenoxy) is 1. The van der Waals surface area contributed by atoms with E-state index in [2.05, 4.69) is 5.32 Å². The Bertz CT molecular complexity index is 403. The molecule has 18 heavy (non-hydrogen) atoms. The van der Waals surface area contributed by atoms with Gasteiger partial charge in [0.05, 0.1) is 13.2 Å². The standard InChI is InChI=1S/C12H17NO4S/c1-2-3-4-17-12(16)10-5-9(8-18-10)6-13-7-11(14)15/h5,8,13H,2-4,6-7H2,1H3,(H,14,15). The molecule has 6 heteroatoms. The Morgan fingerprint density at radius 1 is 1.50 bits per heavy atom. The van der Waals surface area contributed by atoms with Crippen LogP contribution in [0.1, 0.15) is 35.0 Å². The van der Waals surface area contributed by atoms with Crippen molar-refractivity contribution < 1.29 is 19.4 Å². The van der Waals surface area contributed by atoms with Crippen molar-refractivity contribution in [2.75, 3.05) is 13.2 Å². The quantitative estimate of drug-likeness (QED) is 0.557. The second kappa shape index (κ2) is 7.84. The van der Waals surface area contributed by atoms with Gasteiger partial charge in [0.15, 0.2) is 0 Å². The number of carboxylic acid groups (broad SMARTS) is 1. The minimum Gasteiger partial charge on any atom is -0.480 e. The third-order valence-electron chi connectivity index (χ3n) is 2.19. The van der Waals surface area contributed by atoms with E-state index < -0.39 is 5.97 Å². The van der Waals surface area contributed by atoms with E-state index in [9.17, 15) is 9.59 Å². The molecular formula is C12H17NO4S. The van der Waals surface area contributed by atoms with E-state index in [1.54, 1.807) is 6.07 Å². The lowest BCUT2D eigenvalue weighted by Gasteiger charge is -2.01. The first-order chi connectivity index (χ1) is 8.63. The van der Waals surface area contributed by atoms with Crippen LogP contribution < -0.4 is 5.32 Å². The number of nitrogens with one attached hydrogen (secondary N) is 1. The van der Waals surface area contributed by atoms with E-state index in [0.29, 0.717) is 18.0 Å². The van der Waals surface area contributed by atoms with Gasteiger partial charge in [0.25, 0.3) is 0 Å². The van der Waals surface area contributed by atoms with Crippen molar-refractivity contribution in [2.45, 2.75) is 26.3 Å². The molecule has 0 spiro atoms. The van der Waals surface area contributed by atoms with Crippen LogP contribution in [-0.2, 0) is 16.1 Å². The highest BCUT2D eigenvalue weighted by atomic mass is 32.1. The summed E-state index contributed by atoms with van der Waals surface area (Å²) < 4.78 is 5.08. The fraction of sp³-hybridized carbons (Fsp3) is 0.500. The van der Waals surface area contributed by atoms with E-state index >= 15 is 0 Å². The summed E-state index contributed by atoms with van der Waals surface area (Å²) in [6.45, 7) is 2.82. The fourth-order valence-electron chi connectivity index (χ4n) is 1.27. The number of carbonyl (C=O) groups is 2. The molecule has 2 N–H and O–H groups in total. The molecule has 0 radical (unpaired) electrons. The van der Waals surface area contributed by atoms with E-state index in [-0.39, 0.29) is 12.5 Å². The lowest BCUT2D eigenvalue weighted by Crippen LogP contribution is -2.21. The van der Waals surface area contributed by atoms with Crippen molar-refractivity contribution in [3.05, 3.63) is 21.9 Å². The van der Waals surface area contributed by atoms with Crippen LogP contribution in [0, 0.1) is 0 Å². The van der Waals surface area contributed by atoms with Crippen molar-refractivity contribution in [3.8, 4) is 0 Å². The Morgan fingerprint density at radius 2 is 2.28 bits per heavy atom. The zero-order chi connectivity index (χ0) is 13.4. The molecule has 0 aromatic carbocycles. The Hall–Kier alpha value is -1.40. The molecule has 0 amide bonds. The summed E-state index contributed by atoms with van der Waals surface area (Å²) in [6, 6.07) is 1.73. The molecule has 0 bridgehead atoms. The lowest BCUT2D eigenvalue weighted by molar-refractivity contribution is -0.136. The first kappa shape index (κ1) is 14.7. The van der Waals surface area contributed by atoms with Crippen molar-refractivity contribution in [1.29, 1.82) is 0 Å². The second-order valence-electron chi connectivity index (χ2n) is 3.81. The van der Waals surface area contributed by atoms with Crippen molar-refractivity contribution in [3.63, 3.8) is 0 Å². The molecule has 1 heterocycles. The largest absolute Gasteiger partial charge is 0.480 e. The molecule has 0 fully saturated rings. The zero-order valence-electron chi connectivity index (χ0n) is 10.3. The topological polar surface area (TPSA) is 75.6 Å². The van der Waals surface area contributed by atoms with Gasteiger partial charge in [-0.1, -0.05) is 13.3 Å². The van der Waals surface area contributed by atoms with Gasteiger partial charge >= 0.3 is 11.9 Å². The maximum absolute atomic E-state index is 11.6. The average molecular weight is 271 g/mol. The van der Waals surface area contributed by atoms with Gasteiger partial charge in [-0.25, -0.2) is 4.79 Å². The molecular weight excluding hydrogens is 254 g/mol. The Labute approximate surface area is 110 Å². The van der Waals surface area contributed by atoms with Crippen molar-refractivity contribution in [2.24, 2.45) is 0 Å². The zero-order valence-corrected chi connectivity index (χ0v) is 11.1. The fourth-order valence-corrected chi connectivity index (χ4v) is 2.07. The number of carbonyl (C=O) groups excluding carboxylic acids is 1. The maximum atomic E-state index is 11.6. The van der Waals surface area contributed by atoms with Crippen LogP contribution in [-0.4, -0.2) is 30.2 Å². The van der Waals surface area contributed by atoms with Crippen LogP contribution in [0.4, 0.5) is 0 Å². The number of hydrogen-bond acceptors (Lipinski definition) is 5. The summed E-state index contributed by atoms with van der Waals surface area (Å²) in [5, 5.41) is 13.1. The lowest BCUT2D eigenvalue weighted by atomic mass is 10.3. The smallest absolute Gasteiger partial charge is 0.348 e.